The van der Waals surface area contributed by atoms with Crippen LogP contribution in [-0.4, -0.2) is 37.7 Å². The molecule has 1 fully saturated rings. The molecule has 0 aromatic carbocycles. The summed E-state index contributed by atoms with van der Waals surface area (Å²) in [5.41, 5.74) is 8.91. The molecule has 1 aliphatic heterocycles. The van der Waals surface area contributed by atoms with Crippen LogP contribution in [0.2, 0.25) is 0 Å². The van der Waals surface area contributed by atoms with Crippen LogP contribution in [0.25, 0.3) is 11.3 Å². The zero-order chi connectivity index (χ0) is 16.7. The van der Waals surface area contributed by atoms with Crippen LogP contribution in [0, 0.1) is 0 Å². The van der Waals surface area contributed by atoms with E-state index < -0.39 is 0 Å². The smallest absolute Gasteiger partial charge is 0.255 e. The largest absolute Gasteiger partial charge is 0.350 e. The van der Waals surface area contributed by atoms with E-state index in [9.17, 15) is 4.79 Å². The quantitative estimate of drug-likeness (QED) is 0.769. The summed E-state index contributed by atoms with van der Waals surface area (Å²) >= 11 is 0. The summed E-state index contributed by atoms with van der Waals surface area (Å²) in [6, 6.07) is 0.279. The number of fused-ring (bicyclic) bond motifs is 1. The molecule has 2 atom stereocenters. The third-order valence-electron chi connectivity index (χ3n) is 4.74. The molecule has 8 nitrogen and oxygen atoms in total. The summed E-state index contributed by atoms with van der Waals surface area (Å²) in [6.45, 7) is 0.426. The molecule has 0 spiro atoms. The van der Waals surface area contributed by atoms with Crippen molar-refractivity contribution >= 4 is 11.9 Å². The van der Waals surface area contributed by atoms with Crippen LogP contribution in [-0.2, 0) is 13.6 Å². The van der Waals surface area contributed by atoms with Gasteiger partial charge in [-0.2, -0.15) is 5.10 Å². The van der Waals surface area contributed by atoms with E-state index in [-0.39, 0.29) is 18.0 Å². The van der Waals surface area contributed by atoms with Gasteiger partial charge in [-0.1, -0.05) is 12.8 Å². The van der Waals surface area contributed by atoms with E-state index in [1.54, 1.807) is 10.9 Å². The van der Waals surface area contributed by atoms with Crippen molar-refractivity contribution in [1.29, 1.82) is 0 Å². The fourth-order valence-electron chi connectivity index (χ4n) is 3.45. The predicted molar refractivity (Wildman–Crippen MR) is 89.3 cm³/mol. The molecule has 24 heavy (non-hydrogen) atoms. The minimum atomic E-state index is -0.134. The SMILES string of the molecule is Cn1cc(-c2nc(NC3CCCC[C@@H]3N)nc3c2C(=O)NC3)cn1. The van der Waals surface area contributed by atoms with Crippen LogP contribution < -0.4 is 16.4 Å². The molecule has 0 radical (unpaired) electrons. The molecule has 126 valence electrons. The highest BCUT2D eigenvalue weighted by Gasteiger charge is 2.29. The molecule has 1 amide bonds. The first-order valence-corrected chi connectivity index (χ1v) is 8.32. The first-order valence-electron chi connectivity index (χ1n) is 8.32. The Morgan fingerprint density at radius 2 is 2.17 bits per heavy atom. The lowest BCUT2D eigenvalue weighted by Gasteiger charge is -2.29. The van der Waals surface area contributed by atoms with Gasteiger partial charge in [0.05, 0.1) is 29.7 Å². The third-order valence-corrected chi connectivity index (χ3v) is 4.74. The number of hydrogen-bond donors (Lipinski definition) is 3. The Kier molecular flexibility index (Phi) is 3.68. The van der Waals surface area contributed by atoms with E-state index in [2.05, 4.69) is 25.7 Å². The predicted octanol–water partition coefficient (Wildman–Crippen LogP) is 0.802. The fraction of sp³-hybridized carbons (Fsp3) is 0.500. The van der Waals surface area contributed by atoms with Crippen LogP contribution in [0.3, 0.4) is 0 Å². The minimum absolute atomic E-state index is 0.109. The number of anilines is 1. The molecule has 2 aliphatic rings. The van der Waals surface area contributed by atoms with Crippen molar-refractivity contribution in [2.24, 2.45) is 12.8 Å². The van der Waals surface area contributed by atoms with Crippen molar-refractivity contribution in [3.05, 3.63) is 23.7 Å². The van der Waals surface area contributed by atoms with E-state index in [4.69, 9.17) is 5.73 Å². The molecular formula is C16H21N7O. The number of aromatic nitrogens is 4. The molecule has 2 aromatic rings. The Labute approximate surface area is 139 Å². The standard InChI is InChI=1S/C16H21N7O/c1-23-8-9(6-19-23)14-13-12(7-18-15(13)24)21-16(22-14)20-11-5-3-2-4-10(11)17/h6,8,10-11H,2-5,7,17H2,1H3,(H,18,24)(H,20,21,22)/t10-,11?/m0/s1. The summed E-state index contributed by atoms with van der Waals surface area (Å²) in [5.74, 6) is 0.399. The number of amides is 1. The summed E-state index contributed by atoms with van der Waals surface area (Å²) in [7, 11) is 1.84. The molecule has 2 aromatic heterocycles. The van der Waals surface area contributed by atoms with Crippen LogP contribution in [0.5, 0.6) is 0 Å². The molecule has 8 heteroatoms. The molecular weight excluding hydrogens is 306 g/mol. The number of rotatable bonds is 3. The molecule has 1 saturated carbocycles. The normalized spacial score (nSPS) is 23.0. The number of aryl methyl sites for hydroxylation is 1. The number of nitrogens with zero attached hydrogens (tertiary/aromatic N) is 4. The maximum atomic E-state index is 12.2. The van der Waals surface area contributed by atoms with Crippen molar-refractivity contribution in [2.75, 3.05) is 5.32 Å². The molecule has 1 unspecified atom stereocenters. The molecule has 1 aliphatic carbocycles. The lowest BCUT2D eigenvalue weighted by molar-refractivity contribution is 0.0966. The summed E-state index contributed by atoms with van der Waals surface area (Å²) in [5, 5.41) is 10.4. The van der Waals surface area contributed by atoms with Crippen molar-refractivity contribution in [1.82, 2.24) is 25.1 Å². The zero-order valence-corrected chi connectivity index (χ0v) is 13.6. The van der Waals surface area contributed by atoms with Crippen LogP contribution >= 0.6 is 0 Å². The van der Waals surface area contributed by atoms with Gasteiger partial charge in [-0.25, -0.2) is 9.97 Å². The van der Waals surface area contributed by atoms with Gasteiger partial charge in [0.25, 0.3) is 5.91 Å². The highest BCUT2D eigenvalue weighted by molar-refractivity contribution is 6.03. The Morgan fingerprint density at radius 3 is 2.92 bits per heavy atom. The molecule has 4 rings (SSSR count). The first-order chi connectivity index (χ1) is 11.6. The van der Waals surface area contributed by atoms with Gasteiger partial charge in [0.2, 0.25) is 5.95 Å². The van der Waals surface area contributed by atoms with E-state index in [1.807, 2.05) is 13.2 Å². The van der Waals surface area contributed by atoms with Gasteiger partial charge in [-0.15, -0.1) is 0 Å². The monoisotopic (exact) mass is 327 g/mol. The fourth-order valence-corrected chi connectivity index (χ4v) is 3.45. The number of nitrogens with two attached hydrogens (primary N) is 1. The molecule has 0 bridgehead atoms. The van der Waals surface area contributed by atoms with Crippen molar-refractivity contribution in [2.45, 2.75) is 44.3 Å². The second-order valence-corrected chi connectivity index (χ2v) is 6.50. The van der Waals surface area contributed by atoms with Crippen molar-refractivity contribution in [3.8, 4) is 11.3 Å². The van der Waals surface area contributed by atoms with E-state index >= 15 is 0 Å². The Hall–Kier alpha value is -2.48. The topological polar surface area (TPSA) is 111 Å². The van der Waals surface area contributed by atoms with Crippen LogP contribution in [0.1, 0.15) is 41.7 Å². The number of nitrogens with one attached hydrogen (secondary N) is 2. The highest BCUT2D eigenvalue weighted by Crippen LogP contribution is 2.28. The van der Waals surface area contributed by atoms with Crippen molar-refractivity contribution < 1.29 is 4.79 Å². The lowest BCUT2D eigenvalue weighted by atomic mass is 9.91. The zero-order valence-electron chi connectivity index (χ0n) is 13.6. The molecule has 0 saturated heterocycles. The lowest BCUT2D eigenvalue weighted by Crippen LogP contribution is -2.43. The van der Waals surface area contributed by atoms with Crippen LogP contribution in [0.4, 0.5) is 5.95 Å². The second-order valence-electron chi connectivity index (χ2n) is 6.50. The highest BCUT2D eigenvalue weighted by atomic mass is 16.1. The summed E-state index contributed by atoms with van der Waals surface area (Å²) in [4.78, 5) is 21.3. The van der Waals surface area contributed by atoms with E-state index in [0.29, 0.717) is 23.8 Å². The van der Waals surface area contributed by atoms with E-state index in [1.165, 1.54) is 6.42 Å². The van der Waals surface area contributed by atoms with Gasteiger partial charge in [0.15, 0.2) is 0 Å². The summed E-state index contributed by atoms with van der Waals surface area (Å²) < 4.78 is 1.70. The van der Waals surface area contributed by atoms with E-state index in [0.717, 1.165) is 30.5 Å². The van der Waals surface area contributed by atoms with Crippen molar-refractivity contribution in [3.63, 3.8) is 0 Å². The average molecular weight is 327 g/mol. The maximum Gasteiger partial charge on any atom is 0.255 e. The van der Waals surface area contributed by atoms with Gasteiger partial charge in [0, 0.05) is 30.9 Å². The number of carbonyl (C=O) groups excluding carboxylic acids is 1. The van der Waals surface area contributed by atoms with Crippen LogP contribution in [0.15, 0.2) is 12.4 Å². The third kappa shape index (κ3) is 2.62. The Balaban J connectivity index is 1.72. The van der Waals surface area contributed by atoms with Gasteiger partial charge in [-0.05, 0) is 12.8 Å². The Bertz CT molecular complexity index is 785. The minimum Gasteiger partial charge on any atom is -0.350 e. The van der Waals surface area contributed by atoms with Gasteiger partial charge >= 0.3 is 0 Å². The van der Waals surface area contributed by atoms with Gasteiger partial charge in [0.1, 0.15) is 0 Å². The second kappa shape index (κ2) is 5.86. The number of carbonyl (C=O) groups is 1. The Morgan fingerprint density at radius 1 is 1.33 bits per heavy atom. The number of hydrogen-bond acceptors (Lipinski definition) is 6. The van der Waals surface area contributed by atoms with Gasteiger partial charge < -0.3 is 16.4 Å². The first kappa shape index (κ1) is 15.1. The molecule has 3 heterocycles. The van der Waals surface area contributed by atoms with Gasteiger partial charge in [-0.3, -0.25) is 9.48 Å². The summed E-state index contributed by atoms with van der Waals surface area (Å²) in [6.07, 6.45) is 7.92. The maximum absolute atomic E-state index is 12.2. The average Bonchev–Trinajstić information content (AvgIpc) is 3.16. The molecule has 4 N–H and O–H groups in total.